The predicted molar refractivity (Wildman–Crippen MR) is 81.7 cm³/mol. The van der Waals surface area contributed by atoms with E-state index in [-0.39, 0.29) is 11.6 Å². The van der Waals surface area contributed by atoms with E-state index in [1.807, 2.05) is 0 Å². The number of carboxylic acid groups (broad SMARTS) is 1. The van der Waals surface area contributed by atoms with E-state index in [1.54, 1.807) is 31.0 Å². The van der Waals surface area contributed by atoms with E-state index >= 15 is 0 Å². The van der Waals surface area contributed by atoms with Gasteiger partial charge in [-0.25, -0.2) is 9.59 Å². The summed E-state index contributed by atoms with van der Waals surface area (Å²) in [5.41, 5.74) is 1.34. The number of anilines is 1. The maximum Gasteiger partial charge on any atom is 0.336 e. The van der Waals surface area contributed by atoms with Crippen molar-refractivity contribution >= 4 is 17.7 Å². The molecule has 1 fully saturated rings. The molecule has 1 aromatic rings. The molecule has 0 heterocycles. The lowest BCUT2D eigenvalue weighted by atomic mass is 10.1. The Bertz CT molecular complexity index is 536. The van der Waals surface area contributed by atoms with Crippen molar-refractivity contribution in [2.45, 2.75) is 32.6 Å². The normalized spacial score (nSPS) is 15.0. The first-order chi connectivity index (χ1) is 9.99. The largest absolute Gasteiger partial charge is 0.478 e. The molecule has 1 aliphatic carbocycles. The maximum absolute atomic E-state index is 12.2. The molecule has 0 bridgehead atoms. The molecule has 0 aromatic heterocycles. The van der Waals surface area contributed by atoms with Crippen molar-refractivity contribution in [3.05, 3.63) is 29.3 Å². The molecular weight excluding hydrogens is 268 g/mol. The van der Waals surface area contributed by atoms with Gasteiger partial charge in [0.15, 0.2) is 0 Å². The number of carbonyl (C=O) groups excluding carboxylic acids is 1. The highest BCUT2D eigenvalue weighted by molar-refractivity contribution is 5.95. The number of rotatable bonds is 4. The third-order valence-corrected chi connectivity index (χ3v) is 4.16. The van der Waals surface area contributed by atoms with Crippen LogP contribution in [0.4, 0.5) is 10.5 Å². The summed E-state index contributed by atoms with van der Waals surface area (Å²) in [6.07, 6.45) is 4.87. The molecule has 1 aliphatic rings. The molecule has 5 heteroatoms. The van der Waals surface area contributed by atoms with Crippen LogP contribution in [-0.2, 0) is 0 Å². The minimum Gasteiger partial charge on any atom is -0.478 e. The second-order valence-corrected chi connectivity index (χ2v) is 5.74. The molecule has 2 amide bonds. The van der Waals surface area contributed by atoms with Crippen molar-refractivity contribution in [1.82, 2.24) is 4.90 Å². The number of nitrogens with one attached hydrogen (secondary N) is 1. The minimum atomic E-state index is -0.983. The van der Waals surface area contributed by atoms with Gasteiger partial charge in [-0.15, -0.1) is 0 Å². The summed E-state index contributed by atoms with van der Waals surface area (Å²) in [7, 11) is 1.78. The highest BCUT2D eigenvalue weighted by atomic mass is 16.4. The fourth-order valence-electron chi connectivity index (χ4n) is 2.88. The van der Waals surface area contributed by atoms with Crippen LogP contribution in [0.15, 0.2) is 18.2 Å². The van der Waals surface area contributed by atoms with E-state index in [2.05, 4.69) is 5.32 Å². The Labute approximate surface area is 125 Å². The average molecular weight is 290 g/mol. The first-order valence-electron chi connectivity index (χ1n) is 7.34. The number of urea groups is 1. The van der Waals surface area contributed by atoms with Crippen LogP contribution in [0.3, 0.4) is 0 Å². The number of benzene rings is 1. The standard InChI is InChI=1S/C16H22N2O3/c1-11-13(15(19)20)8-5-9-14(11)17-16(21)18(2)10-12-6-3-4-7-12/h5,8-9,12H,3-4,6-7,10H2,1-2H3,(H,17,21)(H,19,20). The average Bonchev–Trinajstić information content (AvgIpc) is 2.93. The van der Waals surface area contributed by atoms with Crippen molar-refractivity contribution in [1.29, 1.82) is 0 Å². The molecule has 0 spiro atoms. The topological polar surface area (TPSA) is 69.6 Å². The Morgan fingerprint density at radius 1 is 1.33 bits per heavy atom. The second kappa shape index (κ2) is 6.61. The molecule has 1 saturated carbocycles. The van der Waals surface area contributed by atoms with Crippen molar-refractivity contribution in [3.63, 3.8) is 0 Å². The summed E-state index contributed by atoms with van der Waals surface area (Å²) in [5.74, 6) is -0.393. The number of carbonyl (C=O) groups is 2. The van der Waals surface area contributed by atoms with Crippen LogP contribution < -0.4 is 5.32 Å². The van der Waals surface area contributed by atoms with Crippen LogP contribution in [0.5, 0.6) is 0 Å². The van der Waals surface area contributed by atoms with Crippen LogP contribution in [0.2, 0.25) is 0 Å². The first-order valence-corrected chi connectivity index (χ1v) is 7.34. The summed E-state index contributed by atoms with van der Waals surface area (Å²) in [6, 6.07) is 4.72. The van der Waals surface area contributed by atoms with Crippen LogP contribution >= 0.6 is 0 Å². The molecule has 0 aliphatic heterocycles. The fourth-order valence-corrected chi connectivity index (χ4v) is 2.88. The number of amides is 2. The summed E-state index contributed by atoms with van der Waals surface area (Å²) >= 11 is 0. The van der Waals surface area contributed by atoms with E-state index in [0.717, 1.165) is 6.54 Å². The molecule has 21 heavy (non-hydrogen) atoms. The third-order valence-electron chi connectivity index (χ3n) is 4.16. The zero-order valence-corrected chi connectivity index (χ0v) is 12.6. The molecule has 0 radical (unpaired) electrons. The van der Waals surface area contributed by atoms with Gasteiger partial charge in [0.25, 0.3) is 0 Å². The summed E-state index contributed by atoms with van der Waals surface area (Å²) in [4.78, 5) is 25.0. The molecular formula is C16H22N2O3. The number of carboxylic acids is 1. The molecule has 5 nitrogen and oxygen atoms in total. The van der Waals surface area contributed by atoms with Gasteiger partial charge in [0.05, 0.1) is 5.56 Å². The lowest BCUT2D eigenvalue weighted by Crippen LogP contribution is -2.35. The number of hydrogen-bond acceptors (Lipinski definition) is 2. The molecule has 2 N–H and O–H groups in total. The zero-order valence-electron chi connectivity index (χ0n) is 12.6. The van der Waals surface area contributed by atoms with Gasteiger partial charge in [0.1, 0.15) is 0 Å². The van der Waals surface area contributed by atoms with Gasteiger partial charge >= 0.3 is 12.0 Å². The van der Waals surface area contributed by atoms with E-state index < -0.39 is 5.97 Å². The van der Waals surface area contributed by atoms with Gasteiger partial charge in [-0.1, -0.05) is 18.9 Å². The van der Waals surface area contributed by atoms with Gasteiger partial charge in [0.2, 0.25) is 0 Å². The van der Waals surface area contributed by atoms with Crippen molar-refractivity contribution < 1.29 is 14.7 Å². The number of nitrogens with zero attached hydrogens (tertiary/aromatic N) is 1. The summed E-state index contributed by atoms with van der Waals surface area (Å²) < 4.78 is 0. The van der Waals surface area contributed by atoms with Crippen LogP contribution in [0, 0.1) is 12.8 Å². The van der Waals surface area contributed by atoms with Gasteiger partial charge in [-0.3, -0.25) is 0 Å². The Morgan fingerprint density at radius 2 is 2.00 bits per heavy atom. The highest BCUT2D eigenvalue weighted by Crippen LogP contribution is 2.25. The van der Waals surface area contributed by atoms with Gasteiger partial charge in [-0.05, 0) is 43.4 Å². The SMILES string of the molecule is Cc1c(NC(=O)N(C)CC2CCCC2)cccc1C(=O)O. The highest BCUT2D eigenvalue weighted by Gasteiger charge is 2.20. The van der Waals surface area contributed by atoms with Crippen LogP contribution in [0.1, 0.15) is 41.6 Å². The number of aromatic carboxylic acids is 1. The molecule has 0 unspecified atom stereocenters. The smallest absolute Gasteiger partial charge is 0.336 e. The van der Waals surface area contributed by atoms with E-state index in [4.69, 9.17) is 5.11 Å². The van der Waals surface area contributed by atoms with Crippen molar-refractivity contribution in [3.8, 4) is 0 Å². The zero-order chi connectivity index (χ0) is 15.4. The predicted octanol–water partition coefficient (Wildman–Crippen LogP) is 3.35. The quantitative estimate of drug-likeness (QED) is 0.893. The molecule has 0 atom stereocenters. The van der Waals surface area contributed by atoms with Crippen LogP contribution in [-0.4, -0.2) is 35.6 Å². The molecule has 0 saturated heterocycles. The van der Waals surface area contributed by atoms with Gasteiger partial charge in [0, 0.05) is 19.3 Å². The molecule has 2 rings (SSSR count). The summed E-state index contributed by atoms with van der Waals surface area (Å²) in [5, 5.41) is 11.9. The van der Waals surface area contributed by atoms with Crippen LogP contribution in [0.25, 0.3) is 0 Å². The Balaban J connectivity index is 2.01. The van der Waals surface area contributed by atoms with E-state index in [0.29, 0.717) is 17.2 Å². The Hall–Kier alpha value is -2.04. The minimum absolute atomic E-state index is 0.187. The Morgan fingerprint density at radius 3 is 2.62 bits per heavy atom. The lowest BCUT2D eigenvalue weighted by Gasteiger charge is -2.22. The lowest BCUT2D eigenvalue weighted by molar-refractivity contribution is 0.0696. The monoisotopic (exact) mass is 290 g/mol. The Kier molecular flexibility index (Phi) is 4.83. The van der Waals surface area contributed by atoms with Gasteiger partial charge < -0.3 is 15.3 Å². The van der Waals surface area contributed by atoms with E-state index in [9.17, 15) is 9.59 Å². The summed E-state index contributed by atoms with van der Waals surface area (Å²) in [6.45, 7) is 2.46. The number of hydrogen-bond donors (Lipinski definition) is 2. The maximum atomic E-state index is 12.2. The van der Waals surface area contributed by atoms with Crippen molar-refractivity contribution in [2.75, 3.05) is 18.9 Å². The third kappa shape index (κ3) is 3.74. The fraction of sp³-hybridized carbons (Fsp3) is 0.500. The first kappa shape index (κ1) is 15.4. The molecule has 114 valence electrons. The second-order valence-electron chi connectivity index (χ2n) is 5.74. The molecule has 1 aromatic carbocycles. The van der Waals surface area contributed by atoms with Gasteiger partial charge in [-0.2, -0.15) is 0 Å². The van der Waals surface area contributed by atoms with Crippen molar-refractivity contribution in [2.24, 2.45) is 5.92 Å². The van der Waals surface area contributed by atoms with E-state index in [1.165, 1.54) is 31.7 Å².